The van der Waals surface area contributed by atoms with E-state index in [1.165, 1.54) is 22.9 Å². The fourth-order valence-electron chi connectivity index (χ4n) is 4.74. The summed E-state index contributed by atoms with van der Waals surface area (Å²) >= 11 is 1.30. The maximum absolute atomic E-state index is 12.1. The maximum atomic E-state index is 12.1. The van der Waals surface area contributed by atoms with Crippen LogP contribution in [0.25, 0.3) is 11.0 Å². The number of nitrogens with zero attached hydrogens (tertiary/aromatic N) is 5. The third-order valence-electron chi connectivity index (χ3n) is 6.26. The monoisotopic (exact) mass is 471 g/mol. The Morgan fingerprint density at radius 1 is 0.912 bits per heavy atom. The molecular formula is C26H25N5O2S. The number of pyridine rings is 2. The van der Waals surface area contributed by atoms with Crippen LogP contribution in [0.5, 0.6) is 0 Å². The molecule has 0 amide bonds. The first kappa shape index (κ1) is 22.3. The topological polar surface area (TPSA) is 75.4 Å². The molecule has 1 aliphatic rings. The van der Waals surface area contributed by atoms with Crippen molar-refractivity contribution in [2.24, 2.45) is 0 Å². The van der Waals surface area contributed by atoms with Crippen LogP contribution < -0.4 is 4.90 Å². The molecule has 0 spiro atoms. The van der Waals surface area contributed by atoms with Crippen molar-refractivity contribution >= 4 is 34.2 Å². The quantitative estimate of drug-likeness (QED) is 0.218. The summed E-state index contributed by atoms with van der Waals surface area (Å²) in [6.45, 7) is 2.88. The largest absolute Gasteiger partial charge is 0.361 e. The summed E-state index contributed by atoms with van der Waals surface area (Å²) in [5, 5.41) is 12.5. The third-order valence-corrected chi connectivity index (χ3v) is 6.93. The van der Waals surface area contributed by atoms with Crippen molar-refractivity contribution in [3.63, 3.8) is 0 Å². The lowest BCUT2D eigenvalue weighted by Crippen LogP contribution is -2.48. The molecule has 1 fully saturated rings. The van der Waals surface area contributed by atoms with Gasteiger partial charge in [0.1, 0.15) is 11.2 Å². The normalized spacial score (nSPS) is 14.6. The molecule has 0 atom stereocenters. The van der Waals surface area contributed by atoms with Crippen molar-refractivity contribution in [3.8, 4) is 0 Å². The van der Waals surface area contributed by atoms with Crippen LogP contribution in [-0.2, 0) is 0 Å². The van der Waals surface area contributed by atoms with E-state index in [1.807, 2.05) is 30.5 Å². The highest BCUT2D eigenvalue weighted by Crippen LogP contribution is 2.41. The van der Waals surface area contributed by atoms with Crippen LogP contribution in [-0.4, -0.2) is 52.2 Å². The zero-order valence-electron chi connectivity index (χ0n) is 18.9. The van der Waals surface area contributed by atoms with E-state index in [9.17, 15) is 10.1 Å². The second kappa shape index (κ2) is 9.79. The number of hydrogen-bond donors (Lipinski definition) is 0. The van der Waals surface area contributed by atoms with Gasteiger partial charge in [0.2, 0.25) is 0 Å². The maximum Gasteiger partial charge on any atom is 0.326 e. The predicted octanol–water partition coefficient (Wildman–Crippen LogP) is 5.17. The van der Waals surface area contributed by atoms with Gasteiger partial charge in [0, 0.05) is 32.4 Å². The predicted molar refractivity (Wildman–Crippen MR) is 136 cm³/mol. The fourth-order valence-corrected chi connectivity index (χ4v) is 5.29. The van der Waals surface area contributed by atoms with Crippen LogP contribution in [0.3, 0.4) is 0 Å². The van der Waals surface area contributed by atoms with E-state index in [2.05, 4.69) is 68.3 Å². The zero-order valence-corrected chi connectivity index (χ0v) is 19.7. The molecule has 2 aromatic heterocycles. The first-order chi connectivity index (χ1) is 16.7. The van der Waals surface area contributed by atoms with E-state index in [0.717, 1.165) is 13.1 Å². The molecule has 5 rings (SSSR count). The molecule has 0 N–H and O–H groups in total. The molecule has 172 valence electrons. The second-order valence-electron chi connectivity index (χ2n) is 8.19. The summed E-state index contributed by atoms with van der Waals surface area (Å²) in [6.07, 6.45) is 3.50. The Labute approximate surface area is 202 Å². The van der Waals surface area contributed by atoms with Gasteiger partial charge in [-0.1, -0.05) is 60.7 Å². The third kappa shape index (κ3) is 4.22. The Morgan fingerprint density at radius 3 is 2.09 bits per heavy atom. The Balaban J connectivity index is 1.50. The van der Waals surface area contributed by atoms with E-state index in [1.54, 1.807) is 6.20 Å². The smallest absolute Gasteiger partial charge is 0.326 e. The zero-order chi connectivity index (χ0) is 23.5. The van der Waals surface area contributed by atoms with Crippen molar-refractivity contribution in [2.45, 2.75) is 11.1 Å². The summed E-state index contributed by atoms with van der Waals surface area (Å²) in [5.41, 5.74) is 4.39. The SMILES string of the molecule is CSc1nc2cccnc2c(N2CCN(C(c3ccccc3)c3ccccc3)CC2)c1[N+](=O)[O-]. The Bertz CT molecular complexity index is 1260. The standard InChI is InChI=1S/C26H25N5O2S/c1-34-26-25(31(32)33)24(22-21(28-26)13-8-14-27-22)30-17-15-29(16-18-30)23(19-9-4-2-5-10-19)20-11-6-3-7-12-20/h2-14,23H,15-18H2,1H3. The van der Waals surface area contributed by atoms with Gasteiger partial charge in [0.05, 0.1) is 16.5 Å². The van der Waals surface area contributed by atoms with E-state index < -0.39 is 0 Å². The lowest BCUT2D eigenvalue weighted by Gasteiger charge is -2.40. The molecule has 0 unspecified atom stereocenters. The Hall–Kier alpha value is -3.49. The van der Waals surface area contributed by atoms with Crippen molar-refractivity contribution in [1.82, 2.24) is 14.9 Å². The van der Waals surface area contributed by atoms with Crippen molar-refractivity contribution in [2.75, 3.05) is 37.3 Å². The average Bonchev–Trinajstić information content (AvgIpc) is 2.89. The molecule has 4 aromatic rings. The Kier molecular flexibility index (Phi) is 6.42. The summed E-state index contributed by atoms with van der Waals surface area (Å²) < 4.78 is 0. The van der Waals surface area contributed by atoms with Crippen LogP contribution in [0.4, 0.5) is 11.4 Å². The molecular weight excluding hydrogens is 446 g/mol. The van der Waals surface area contributed by atoms with E-state index >= 15 is 0 Å². The van der Waals surface area contributed by atoms with Crippen molar-refractivity contribution in [1.29, 1.82) is 0 Å². The minimum absolute atomic E-state index is 0.0508. The number of aromatic nitrogens is 2. The van der Waals surface area contributed by atoms with Crippen LogP contribution in [0.15, 0.2) is 84.0 Å². The number of rotatable bonds is 6. The van der Waals surface area contributed by atoms with E-state index in [4.69, 9.17) is 0 Å². The summed E-state index contributed by atoms with van der Waals surface area (Å²) in [5.74, 6) is 0. The van der Waals surface area contributed by atoms with Gasteiger partial charge < -0.3 is 4.90 Å². The van der Waals surface area contributed by atoms with Crippen LogP contribution >= 0.6 is 11.8 Å². The van der Waals surface area contributed by atoms with Crippen molar-refractivity contribution in [3.05, 3.63) is 100 Å². The minimum Gasteiger partial charge on any atom is -0.361 e. The molecule has 2 aromatic carbocycles. The van der Waals surface area contributed by atoms with Crippen LogP contribution in [0.2, 0.25) is 0 Å². The molecule has 34 heavy (non-hydrogen) atoms. The van der Waals surface area contributed by atoms with Crippen LogP contribution in [0, 0.1) is 10.1 Å². The van der Waals surface area contributed by atoms with Gasteiger partial charge in [0.25, 0.3) is 0 Å². The molecule has 1 aliphatic heterocycles. The van der Waals surface area contributed by atoms with Gasteiger partial charge in [-0.3, -0.25) is 20.0 Å². The van der Waals surface area contributed by atoms with Gasteiger partial charge in [-0.05, 0) is 29.5 Å². The number of fused-ring (bicyclic) bond motifs is 1. The lowest BCUT2D eigenvalue weighted by molar-refractivity contribution is -0.387. The van der Waals surface area contributed by atoms with Gasteiger partial charge in [-0.25, -0.2) is 4.98 Å². The number of nitro groups is 1. The van der Waals surface area contributed by atoms with E-state index in [-0.39, 0.29) is 16.7 Å². The highest BCUT2D eigenvalue weighted by atomic mass is 32.2. The molecule has 7 nitrogen and oxygen atoms in total. The summed E-state index contributed by atoms with van der Waals surface area (Å²) in [4.78, 5) is 25.4. The Morgan fingerprint density at radius 2 is 1.53 bits per heavy atom. The van der Waals surface area contributed by atoms with E-state index in [0.29, 0.717) is 34.8 Å². The lowest BCUT2D eigenvalue weighted by atomic mass is 9.96. The fraction of sp³-hybridized carbons (Fsp3) is 0.231. The van der Waals surface area contributed by atoms with Gasteiger partial charge in [-0.15, -0.1) is 11.8 Å². The summed E-state index contributed by atoms with van der Waals surface area (Å²) in [7, 11) is 0. The second-order valence-corrected chi connectivity index (χ2v) is 8.99. The molecule has 1 saturated heterocycles. The molecule has 3 heterocycles. The minimum atomic E-state index is -0.314. The number of piperazine rings is 1. The number of thioether (sulfide) groups is 1. The first-order valence-corrected chi connectivity index (χ1v) is 12.5. The highest BCUT2D eigenvalue weighted by molar-refractivity contribution is 7.98. The van der Waals surface area contributed by atoms with Gasteiger partial charge >= 0.3 is 5.69 Å². The molecule has 8 heteroatoms. The molecule has 0 bridgehead atoms. The molecule has 0 radical (unpaired) electrons. The highest BCUT2D eigenvalue weighted by Gasteiger charge is 2.33. The van der Waals surface area contributed by atoms with Gasteiger partial charge in [0.15, 0.2) is 5.03 Å². The average molecular weight is 472 g/mol. The molecule has 0 aliphatic carbocycles. The van der Waals surface area contributed by atoms with Gasteiger partial charge in [-0.2, -0.15) is 0 Å². The number of anilines is 1. The molecule has 0 saturated carbocycles. The summed E-state index contributed by atoms with van der Waals surface area (Å²) in [6, 6.07) is 24.8. The number of hydrogen-bond acceptors (Lipinski definition) is 7. The van der Waals surface area contributed by atoms with Crippen LogP contribution in [0.1, 0.15) is 17.2 Å². The van der Waals surface area contributed by atoms with Crippen molar-refractivity contribution < 1.29 is 4.92 Å². The number of benzene rings is 2. The first-order valence-electron chi connectivity index (χ1n) is 11.2.